The first-order valence-electron chi connectivity index (χ1n) is 4.95. The fourth-order valence-corrected chi connectivity index (χ4v) is 1.91. The van der Waals surface area contributed by atoms with Crippen molar-refractivity contribution in [2.24, 2.45) is 17.4 Å². The van der Waals surface area contributed by atoms with Crippen LogP contribution in [0, 0.1) is 5.92 Å². The summed E-state index contributed by atoms with van der Waals surface area (Å²) in [4.78, 5) is 0. The lowest BCUT2D eigenvalue weighted by Crippen LogP contribution is -2.35. The molecule has 0 spiro atoms. The Labute approximate surface area is 89.2 Å². The Balaban J connectivity index is 2.13. The number of halogens is 1. The first-order chi connectivity index (χ1) is 6.68. The van der Waals surface area contributed by atoms with E-state index in [1.165, 1.54) is 12.8 Å². The maximum Gasteiger partial charge on any atom is 0.0451 e. The van der Waals surface area contributed by atoms with Crippen LogP contribution in [0.3, 0.4) is 0 Å². The first-order valence-corrected chi connectivity index (χ1v) is 5.33. The van der Waals surface area contributed by atoms with E-state index in [9.17, 15) is 0 Å². The first kappa shape index (κ1) is 9.97. The second kappa shape index (κ2) is 3.89. The molecule has 1 aliphatic carbocycles. The molecule has 3 heteroatoms. The number of benzene rings is 1. The Bertz CT molecular complexity index is 323. The van der Waals surface area contributed by atoms with E-state index < -0.39 is 0 Å². The van der Waals surface area contributed by atoms with E-state index in [1.54, 1.807) is 0 Å². The average Bonchev–Trinajstić information content (AvgIpc) is 2.99. The van der Waals surface area contributed by atoms with Crippen LogP contribution in [0.4, 0.5) is 0 Å². The van der Waals surface area contributed by atoms with Crippen LogP contribution in [0.5, 0.6) is 0 Å². The molecule has 0 saturated heterocycles. The topological polar surface area (TPSA) is 52.0 Å². The van der Waals surface area contributed by atoms with E-state index in [0.717, 1.165) is 10.6 Å². The molecule has 0 aromatic heterocycles. The molecule has 1 saturated carbocycles. The molecule has 0 unspecified atom stereocenters. The summed E-state index contributed by atoms with van der Waals surface area (Å²) in [5, 5.41) is 0.723. The summed E-state index contributed by atoms with van der Waals surface area (Å²) < 4.78 is 0. The maximum absolute atomic E-state index is 6.06. The van der Waals surface area contributed by atoms with Crippen molar-refractivity contribution < 1.29 is 0 Å². The predicted octanol–water partition coefficient (Wildman–Crippen LogP) is 2.08. The minimum Gasteiger partial charge on any atom is -0.326 e. The van der Waals surface area contributed by atoms with Crippen molar-refractivity contribution in [2.45, 2.75) is 24.9 Å². The van der Waals surface area contributed by atoms with Gasteiger partial charge in [0.15, 0.2) is 0 Å². The molecule has 0 radical (unpaired) electrons. The van der Waals surface area contributed by atoms with Gasteiger partial charge >= 0.3 is 0 Å². The van der Waals surface area contributed by atoms with E-state index in [-0.39, 0.29) is 12.1 Å². The molecule has 1 aliphatic rings. The van der Waals surface area contributed by atoms with Gasteiger partial charge < -0.3 is 11.5 Å². The van der Waals surface area contributed by atoms with Gasteiger partial charge in [0.05, 0.1) is 0 Å². The van der Waals surface area contributed by atoms with Crippen molar-refractivity contribution in [3.63, 3.8) is 0 Å². The van der Waals surface area contributed by atoms with Crippen LogP contribution in [-0.2, 0) is 0 Å². The summed E-state index contributed by atoms with van der Waals surface area (Å²) in [5.74, 6) is 0.615. The summed E-state index contributed by atoms with van der Waals surface area (Å²) in [6, 6.07) is 7.64. The van der Waals surface area contributed by atoms with Gasteiger partial charge in [-0.15, -0.1) is 0 Å². The SMILES string of the molecule is N[C@@H](c1cccc(Cl)c1)[C@@H](N)C1CC1. The summed E-state index contributed by atoms with van der Waals surface area (Å²) in [6.07, 6.45) is 2.44. The minimum absolute atomic E-state index is 0.0773. The van der Waals surface area contributed by atoms with Crippen molar-refractivity contribution >= 4 is 11.6 Å². The molecular weight excluding hydrogens is 196 g/mol. The van der Waals surface area contributed by atoms with Gasteiger partial charge in [-0.3, -0.25) is 0 Å². The monoisotopic (exact) mass is 210 g/mol. The largest absolute Gasteiger partial charge is 0.326 e. The number of nitrogens with two attached hydrogens (primary N) is 2. The molecule has 1 fully saturated rings. The van der Waals surface area contributed by atoms with E-state index in [2.05, 4.69) is 0 Å². The van der Waals surface area contributed by atoms with Crippen LogP contribution >= 0.6 is 11.6 Å². The highest BCUT2D eigenvalue weighted by Gasteiger charge is 2.32. The lowest BCUT2D eigenvalue weighted by Gasteiger charge is -2.19. The normalized spacial score (nSPS) is 20.5. The van der Waals surface area contributed by atoms with Gasteiger partial charge in [0.25, 0.3) is 0 Å². The zero-order valence-electron chi connectivity index (χ0n) is 7.99. The van der Waals surface area contributed by atoms with Crippen molar-refractivity contribution in [3.8, 4) is 0 Å². The van der Waals surface area contributed by atoms with Crippen LogP contribution < -0.4 is 11.5 Å². The minimum atomic E-state index is -0.0822. The Morgan fingerprint density at radius 1 is 1.29 bits per heavy atom. The van der Waals surface area contributed by atoms with Crippen molar-refractivity contribution in [3.05, 3.63) is 34.9 Å². The van der Waals surface area contributed by atoms with Gasteiger partial charge in [0, 0.05) is 17.1 Å². The molecule has 2 atom stereocenters. The molecule has 76 valence electrons. The highest BCUT2D eigenvalue weighted by molar-refractivity contribution is 6.30. The van der Waals surface area contributed by atoms with Gasteiger partial charge in [0.2, 0.25) is 0 Å². The molecule has 1 aromatic carbocycles. The molecule has 0 aliphatic heterocycles. The van der Waals surface area contributed by atoms with Crippen LogP contribution in [0.2, 0.25) is 5.02 Å². The summed E-state index contributed by atoms with van der Waals surface area (Å²) in [5.41, 5.74) is 13.1. The summed E-state index contributed by atoms with van der Waals surface area (Å²) in [6.45, 7) is 0. The van der Waals surface area contributed by atoms with Crippen LogP contribution in [0.1, 0.15) is 24.4 Å². The van der Waals surface area contributed by atoms with E-state index in [0.29, 0.717) is 5.92 Å². The number of hydrogen-bond acceptors (Lipinski definition) is 2. The van der Waals surface area contributed by atoms with E-state index >= 15 is 0 Å². The van der Waals surface area contributed by atoms with Crippen LogP contribution in [0.15, 0.2) is 24.3 Å². The highest BCUT2D eigenvalue weighted by Crippen LogP contribution is 2.36. The van der Waals surface area contributed by atoms with Crippen molar-refractivity contribution in [1.29, 1.82) is 0 Å². The smallest absolute Gasteiger partial charge is 0.0451 e. The molecule has 1 aromatic rings. The summed E-state index contributed by atoms with van der Waals surface area (Å²) in [7, 11) is 0. The Hall–Kier alpha value is -0.570. The summed E-state index contributed by atoms with van der Waals surface area (Å²) >= 11 is 5.89. The number of hydrogen-bond donors (Lipinski definition) is 2. The second-order valence-electron chi connectivity index (χ2n) is 4.00. The fraction of sp³-hybridized carbons (Fsp3) is 0.455. The van der Waals surface area contributed by atoms with Gasteiger partial charge in [-0.1, -0.05) is 23.7 Å². The van der Waals surface area contributed by atoms with Gasteiger partial charge in [-0.25, -0.2) is 0 Å². The third-order valence-electron chi connectivity index (χ3n) is 2.81. The Morgan fingerprint density at radius 3 is 2.57 bits per heavy atom. The predicted molar refractivity (Wildman–Crippen MR) is 59.1 cm³/mol. The quantitative estimate of drug-likeness (QED) is 0.803. The molecule has 2 rings (SSSR count). The molecule has 14 heavy (non-hydrogen) atoms. The zero-order chi connectivity index (χ0) is 10.1. The van der Waals surface area contributed by atoms with E-state index in [1.807, 2.05) is 24.3 Å². The zero-order valence-corrected chi connectivity index (χ0v) is 8.74. The molecule has 0 bridgehead atoms. The highest BCUT2D eigenvalue weighted by atomic mass is 35.5. The molecule has 2 nitrogen and oxygen atoms in total. The average molecular weight is 211 g/mol. The molecule has 4 N–H and O–H groups in total. The molecule has 0 amide bonds. The van der Waals surface area contributed by atoms with Crippen LogP contribution in [0.25, 0.3) is 0 Å². The maximum atomic E-state index is 6.06. The van der Waals surface area contributed by atoms with Gasteiger partial charge in [-0.2, -0.15) is 0 Å². The third kappa shape index (κ3) is 2.08. The Kier molecular flexibility index (Phi) is 2.77. The molecule has 0 heterocycles. The van der Waals surface area contributed by atoms with E-state index in [4.69, 9.17) is 23.1 Å². The van der Waals surface area contributed by atoms with Gasteiger partial charge in [-0.05, 0) is 36.5 Å². The third-order valence-corrected chi connectivity index (χ3v) is 3.05. The Morgan fingerprint density at radius 2 is 2.00 bits per heavy atom. The number of rotatable bonds is 3. The van der Waals surface area contributed by atoms with Gasteiger partial charge in [0.1, 0.15) is 0 Å². The van der Waals surface area contributed by atoms with Crippen molar-refractivity contribution in [1.82, 2.24) is 0 Å². The fourth-order valence-electron chi connectivity index (χ4n) is 1.71. The second-order valence-corrected chi connectivity index (χ2v) is 4.43. The lowest BCUT2D eigenvalue weighted by molar-refractivity contribution is 0.494. The molecular formula is C11H15ClN2. The van der Waals surface area contributed by atoms with Crippen LogP contribution in [-0.4, -0.2) is 6.04 Å². The standard InChI is InChI=1S/C11H15ClN2/c12-9-3-1-2-8(6-9)11(14)10(13)7-4-5-7/h1-3,6-7,10-11H,4-5,13-14H2/t10-,11-/m0/s1. The van der Waals surface area contributed by atoms with Crippen molar-refractivity contribution in [2.75, 3.05) is 0 Å². The lowest BCUT2D eigenvalue weighted by atomic mass is 9.97.